The van der Waals surface area contributed by atoms with Gasteiger partial charge in [0.25, 0.3) is 0 Å². The van der Waals surface area contributed by atoms with E-state index in [9.17, 15) is 0 Å². The van der Waals surface area contributed by atoms with Gasteiger partial charge in [-0.3, -0.25) is 0 Å². The fourth-order valence-electron chi connectivity index (χ4n) is 7.52. The number of anilines is 3. The standard InChI is InChI=1S/C50H33NO/c1-3-9-34(10-4-1)36-21-24-44(25-22-36)51(46-27-28-50-48(33-46)47-13-7-8-14-49(47)52-50)45-26-23-41-29-39(19-20-42(41)32-45)40-18-16-37-15-17-38(30-43(37)31-40)35-11-5-2-6-12-35/h1-33H. The van der Waals surface area contributed by atoms with Crippen LogP contribution >= 0.6 is 0 Å². The molecule has 0 aliphatic carbocycles. The molecule has 10 aromatic rings. The van der Waals surface area contributed by atoms with Gasteiger partial charge < -0.3 is 9.32 Å². The van der Waals surface area contributed by atoms with Gasteiger partial charge in [0.1, 0.15) is 11.2 Å². The highest BCUT2D eigenvalue weighted by atomic mass is 16.3. The second-order valence-corrected chi connectivity index (χ2v) is 13.4. The minimum absolute atomic E-state index is 0.889. The van der Waals surface area contributed by atoms with E-state index in [0.717, 1.165) is 39.0 Å². The zero-order valence-corrected chi connectivity index (χ0v) is 28.4. The lowest BCUT2D eigenvalue weighted by Gasteiger charge is -2.26. The van der Waals surface area contributed by atoms with E-state index in [4.69, 9.17) is 4.42 Å². The molecule has 52 heavy (non-hydrogen) atoms. The zero-order valence-electron chi connectivity index (χ0n) is 28.4. The molecule has 0 spiro atoms. The largest absolute Gasteiger partial charge is 0.456 e. The lowest BCUT2D eigenvalue weighted by Crippen LogP contribution is -2.09. The molecule has 9 aromatic carbocycles. The predicted molar refractivity (Wildman–Crippen MR) is 220 cm³/mol. The molecule has 0 unspecified atom stereocenters. The van der Waals surface area contributed by atoms with Crippen LogP contribution in [-0.4, -0.2) is 0 Å². The molecule has 0 radical (unpaired) electrons. The molecule has 10 rings (SSSR count). The summed E-state index contributed by atoms with van der Waals surface area (Å²) < 4.78 is 6.20. The van der Waals surface area contributed by atoms with Gasteiger partial charge in [0.15, 0.2) is 0 Å². The molecule has 1 heterocycles. The van der Waals surface area contributed by atoms with Crippen molar-refractivity contribution in [2.75, 3.05) is 4.90 Å². The Morgan fingerprint density at radius 1 is 0.269 bits per heavy atom. The van der Waals surface area contributed by atoms with E-state index >= 15 is 0 Å². The summed E-state index contributed by atoms with van der Waals surface area (Å²) in [6.07, 6.45) is 0. The first kappa shape index (κ1) is 30.0. The monoisotopic (exact) mass is 663 g/mol. The van der Waals surface area contributed by atoms with Crippen LogP contribution in [0.3, 0.4) is 0 Å². The smallest absolute Gasteiger partial charge is 0.135 e. The van der Waals surface area contributed by atoms with Gasteiger partial charge in [0, 0.05) is 27.8 Å². The van der Waals surface area contributed by atoms with Crippen LogP contribution in [0.15, 0.2) is 205 Å². The van der Waals surface area contributed by atoms with Gasteiger partial charge >= 0.3 is 0 Å². The molecular weight excluding hydrogens is 631 g/mol. The summed E-state index contributed by atoms with van der Waals surface area (Å²) in [5.41, 5.74) is 12.3. The Balaban J connectivity index is 1.05. The van der Waals surface area contributed by atoms with Crippen molar-refractivity contribution in [3.63, 3.8) is 0 Å². The van der Waals surface area contributed by atoms with E-state index in [1.165, 1.54) is 54.9 Å². The van der Waals surface area contributed by atoms with Crippen LogP contribution in [0.5, 0.6) is 0 Å². The van der Waals surface area contributed by atoms with E-state index in [-0.39, 0.29) is 0 Å². The van der Waals surface area contributed by atoms with Crippen molar-refractivity contribution in [3.05, 3.63) is 200 Å². The van der Waals surface area contributed by atoms with Crippen molar-refractivity contribution >= 4 is 60.5 Å². The van der Waals surface area contributed by atoms with E-state index < -0.39 is 0 Å². The Bertz CT molecular complexity index is 2890. The van der Waals surface area contributed by atoms with Crippen LogP contribution in [0.2, 0.25) is 0 Å². The molecule has 244 valence electrons. The summed E-state index contributed by atoms with van der Waals surface area (Å²) in [4.78, 5) is 2.34. The maximum atomic E-state index is 6.20. The van der Waals surface area contributed by atoms with E-state index in [1.54, 1.807) is 0 Å². The molecule has 0 aliphatic rings. The van der Waals surface area contributed by atoms with Crippen LogP contribution < -0.4 is 4.90 Å². The first-order valence-electron chi connectivity index (χ1n) is 17.7. The summed E-state index contributed by atoms with van der Waals surface area (Å²) in [7, 11) is 0. The summed E-state index contributed by atoms with van der Waals surface area (Å²) in [6, 6.07) is 71.9. The normalized spacial score (nSPS) is 11.5. The number of para-hydroxylation sites is 1. The highest BCUT2D eigenvalue weighted by Crippen LogP contribution is 2.41. The molecule has 2 heteroatoms. The molecule has 0 bridgehead atoms. The van der Waals surface area contributed by atoms with Crippen LogP contribution in [0.4, 0.5) is 17.1 Å². The topological polar surface area (TPSA) is 16.4 Å². The third-order valence-electron chi connectivity index (χ3n) is 10.2. The Morgan fingerprint density at radius 3 is 1.46 bits per heavy atom. The molecule has 0 saturated carbocycles. The second-order valence-electron chi connectivity index (χ2n) is 13.4. The predicted octanol–water partition coefficient (Wildman–Crippen LogP) is 14.4. The van der Waals surface area contributed by atoms with Gasteiger partial charge in [-0.15, -0.1) is 0 Å². The van der Waals surface area contributed by atoms with Crippen molar-refractivity contribution in [1.29, 1.82) is 0 Å². The number of hydrogen-bond acceptors (Lipinski definition) is 2. The number of rotatable bonds is 6. The molecule has 0 saturated heterocycles. The zero-order chi connectivity index (χ0) is 34.4. The Hall–Kier alpha value is -6.90. The van der Waals surface area contributed by atoms with E-state index in [2.05, 4.69) is 193 Å². The highest BCUT2D eigenvalue weighted by Gasteiger charge is 2.16. The van der Waals surface area contributed by atoms with Gasteiger partial charge in [0.05, 0.1) is 0 Å². The molecule has 0 N–H and O–H groups in total. The summed E-state index contributed by atoms with van der Waals surface area (Å²) in [6.45, 7) is 0. The fraction of sp³-hybridized carbons (Fsp3) is 0. The second kappa shape index (κ2) is 12.5. The lowest BCUT2D eigenvalue weighted by molar-refractivity contribution is 0.669. The Labute approximate surface area is 302 Å². The number of fused-ring (bicyclic) bond motifs is 5. The summed E-state index contributed by atoms with van der Waals surface area (Å²) in [5, 5.41) is 7.10. The first-order valence-corrected chi connectivity index (χ1v) is 17.7. The van der Waals surface area contributed by atoms with Crippen molar-refractivity contribution < 1.29 is 4.42 Å². The molecule has 1 aromatic heterocycles. The van der Waals surface area contributed by atoms with Crippen LogP contribution in [0.25, 0.3) is 76.9 Å². The third kappa shape index (κ3) is 5.39. The summed E-state index contributed by atoms with van der Waals surface area (Å²) >= 11 is 0. The van der Waals surface area contributed by atoms with Gasteiger partial charge in [-0.25, -0.2) is 0 Å². The number of nitrogens with zero attached hydrogens (tertiary/aromatic N) is 1. The Kier molecular flexibility index (Phi) is 7.18. The number of benzene rings is 9. The number of furan rings is 1. The first-order chi connectivity index (χ1) is 25.7. The maximum Gasteiger partial charge on any atom is 0.135 e. The molecule has 2 nitrogen and oxygen atoms in total. The minimum atomic E-state index is 0.889. The van der Waals surface area contributed by atoms with Crippen LogP contribution in [0, 0.1) is 0 Å². The minimum Gasteiger partial charge on any atom is -0.456 e. The fourth-order valence-corrected chi connectivity index (χ4v) is 7.52. The molecular formula is C50H33NO. The molecule has 0 aliphatic heterocycles. The molecule has 0 amide bonds. The van der Waals surface area contributed by atoms with E-state index in [1.807, 2.05) is 12.1 Å². The van der Waals surface area contributed by atoms with Gasteiger partial charge in [0.2, 0.25) is 0 Å². The van der Waals surface area contributed by atoms with Gasteiger partial charge in [-0.05, 0) is 122 Å². The third-order valence-corrected chi connectivity index (χ3v) is 10.2. The maximum absolute atomic E-state index is 6.20. The van der Waals surface area contributed by atoms with Crippen LogP contribution in [-0.2, 0) is 0 Å². The molecule has 0 fully saturated rings. The summed E-state index contributed by atoms with van der Waals surface area (Å²) in [5.74, 6) is 0. The SMILES string of the molecule is c1ccc(-c2ccc(N(c3ccc4cc(-c5ccc6ccc(-c7ccccc7)cc6c5)ccc4c3)c3ccc4oc5ccccc5c4c3)cc2)cc1. The van der Waals surface area contributed by atoms with Crippen LogP contribution in [0.1, 0.15) is 0 Å². The highest BCUT2D eigenvalue weighted by molar-refractivity contribution is 6.06. The average Bonchev–Trinajstić information content (AvgIpc) is 3.59. The van der Waals surface area contributed by atoms with Crippen molar-refractivity contribution in [2.24, 2.45) is 0 Å². The van der Waals surface area contributed by atoms with Gasteiger partial charge in [-0.1, -0.05) is 133 Å². The number of hydrogen-bond donors (Lipinski definition) is 0. The van der Waals surface area contributed by atoms with E-state index in [0.29, 0.717) is 0 Å². The average molecular weight is 664 g/mol. The molecule has 0 atom stereocenters. The Morgan fingerprint density at radius 2 is 0.731 bits per heavy atom. The van der Waals surface area contributed by atoms with Gasteiger partial charge in [-0.2, -0.15) is 0 Å². The van der Waals surface area contributed by atoms with Crippen molar-refractivity contribution in [2.45, 2.75) is 0 Å². The van der Waals surface area contributed by atoms with Crippen molar-refractivity contribution in [3.8, 4) is 33.4 Å². The van der Waals surface area contributed by atoms with Crippen molar-refractivity contribution in [1.82, 2.24) is 0 Å². The quantitative estimate of drug-likeness (QED) is 0.176. The lowest BCUT2D eigenvalue weighted by atomic mass is 9.96.